The van der Waals surface area contributed by atoms with E-state index in [1.54, 1.807) is 48.4 Å². The molecule has 2 aliphatic rings. The number of carbonyl (C=O) groups excluding carboxylic acids is 3. The highest BCUT2D eigenvalue weighted by molar-refractivity contribution is 8.15. The molecule has 2 atom stereocenters. The maximum absolute atomic E-state index is 12.2. The number of cyclic esters (lactones) is 1. The van der Waals surface area contributed by atoms with Crippen molar-refractivity contribution in [2.24, 2.45) is 0 Å². The Kier molecular flexibility index (Phi) is 5.80. The Balaban J connectivity index is 1.29. The van der Waals surface area contributed by atoms with Gasteiger partial charge in [0.15, 0.2) is 6.10 Å². The van der Waals surface area contributed by atoms with E-state index in [9.17, 15) is 14.4 Å². The summed E-state index contributed by atoms with van der Waals surface area (Å²) < 4.78 is 16.3. The molecular formula is C21H20N2O6S. The van der Waals surface area contributed by atoms with E-state index in [1.807, 2.05) is 12.1 Å². The number of ether oxygens (including phenoxy) is 3. The third-order valence-electron chi connectivity index (χ3n) is 4.81. The Morgan fingerprint density at radius 3 is 2.40 bits per heavy atom. The van der Waals surface area contributed by atoms with E-state index >= 15 is 0 Å². The van der Waals surface area contributed by atoms with Gasteiger partial charge in [-0.25, -0.2) is 4.79 Å². The average molecular weight is 428 g/mol. The van der Waals surface area contributed by atoms with Crippen LogP contribution in [0.15, 0.2) is 48.5 Å². The van der Waals surface area contributed by atoms with Crippen molar-refractivity contribution in [1.82, 2.24) is 5.32 Å². The maximum atomic E-state index is 12.2. The van der Waals surface area contributed by atoms with Gasteiger partial charge in [-0.05, 0) is 48.4 Å². The number of hydrogen-bond acceptors (Lipinski definition) is 7. The minimum Gasteiger partial charge on any atom is -0.497 e. The van der Waals surface area contributed by atoms with Crippen LogP contribution < -0.4 is 19.7 Å². The van der Waals surface area contributed by atoms with Crippen LogP contribution in [0.4, 0.5) is 15.3 Å². The maximum Gasteiger partial charge on any atom is 0.414 e. The second kappa shape index (κ2) is 8.66. The molecule has 156 valence electrons. The molecule has 2 aliphatic heterocycles. The van der Waals surface area contributed by atoms with E-state index in [1.165, 1.54) is 0 Å². The monoisotopic (exact) mass is 428 g/mol. The molecule has 1 N–H and O–H groups in total. The number of rotatable bonds is 7. The summed E-state index contributed by atoms with van der Waals surface area (Å²) in [6.45, 7) is 0.623. The van der Waals surface area contributed by atoms with Gasteiger partial charge in [-0.1, -0.05) is 23.9 Å². The second-order valence-electron chi connectivity index (χ2n) is 6.86. The molecule has 0 aliphatic carbocycles. The molecule has 9 heteroatoms. The van der Waals surface area contributed by atoms with Crippen molar-refractivity contribution in [1.29, 1.82) is 0 Å². The van der Waals surface area contributed by atoms with Crippen molar-refractivity contribution < 1.29 is 28.6 Å². The molecule has 2 fully saturated rings. The van der Waals surface area contributed by atoms with E-state index in [4.69, 9.17) is 14.2 Å². The SMILES string of the molecule is COc1ccc(N2CC(COc3ccc(CC4SC(=O)NC4=O)cc3)OC2=O)cc1. The first-order valence-corrected chi connectivity index (χ1v) is 10.2. The van der Waals surface area contributed by atoms with Crippen LogP contribution in [-0.2, 0) is 16.0 Å². The van der Waals surface area contributed by atoms with Gasteiger partial charge in [-0.3, -0.25) is 19.8 Å². The summed E-state index contributed by atoms with van der Waals surface area (Å²) in [5, 5.41) is 1.58. The van der Waals surface area contributed by atoms with E-state index in [0.717, 1.165) is 23.0 Å². The fraction of sp³-hybridized carbons (Fsp3) is 0.286. The first kappa shape index (κ1) is 20.1. The number of thioether (sulfide) groups is 1. The minimum atomic E-state index is -0.411. The number of nitrogens with zero attached hydrogens (tertiary/aromatic N) is 1. The van der Waals surface area contributed by atoms with Crippen molar-refractivity contribution in [3.05, 3.63) is 54.1 Å². The van der Waals surface area contributed by atoms with Gasteiger partial charge < -0.3 is 14.2 Å². The largest absolute Gasteiger partial charge is 0.497 e. The zero-order valence-electron chi connectivity index (χ0n) is 16.2. The Labute approximate surface area is 177 Å². The first-order valence-electron chi connectivity index (χ1n) is 9.37. The molecule has 30 heavy (non-hydrogen) atoms. The van der Waals surface area contributed by atoms with E-state index in [-0.39, 0.29) is 23.9 Å². The van der Waals surface area contributed by atoms with Crippen LogP contribution in [0.3, 0.4) is 0 Å². The van der Waals surface area contributed by atoms with Crippen LogP contribution >= 0.6 is 11.8 Å². The normalized spacial score (nSPS) is 20.8. The van der Waals surface area contributed by atoms with E-state index in [2.05, 4.69) is 5.32 Å². The molecule has 0 saturated carbocycles. The molecular weight excluding hydrogens is 408 g/mol. The number of benzene rings is 2. The topological polar surface area (TPSA) is 94.2 Å². The number of methoxy groups -OCH3 is 1. The molecule has 4 rings (SSSR count). The molecule has 0 bridgehead atoms. The molecule has 2 unspecified atom stereocenters. The van der Waals surface area contributed by atoms with Gasteiger partial charge in [0, 0.05) is 5.69 Å². The lowest BCUT2D eigenvalue weighted by molar-refractivity contribution is -0.118. The van der Waals surface area contributed by atoms with Crippen LogP contribution in [0.2, 0.25) is 0 Å². The zero-order chi connectivity index (χ0) is 21.1. The lowest BCUT2D eigenvalue weighted by Crippen LogP contribution is -2.26. The quantitative estimate of drug-likeness (QED) is 0.724. The van der Waals surface area contributed by atoms with Gasteiger partial charge in [0.2, 0.25) is 5.91 Å². The highest BCUT2D eigenvalue weighted by Crippen LogP contribution is 2.26. The molecule has 2 aromatic carbocycles. The number of imide groups is 1. The number of nitrogens with one attached hydrogen (secondary N) is 1. The van der Waals surface area contributed by atoms with Crippen molar-refractivity contribution >= 4 is 34.7 Å². The van der Waals surface area contributed by atoms with E-state index in [0.29, 0.717) is 24.5 Å². The number of amides is 3. The fourth-order valence-electron chi connectivity index (χ4n) is 3.23. The van der Waals surface area contributed by atoms with Crippen molar-refractivity contribution in [3.8, 4) is 11.5 Å². The lowest BCUT2D eigenvalue weighted by Gasteiger charge is -2.14. The highest BCUT2D eigenvalue weighted by atomic mass is 32.2. The molecule has 2 heterocycles. The predicted molar refractivity (Wildman–Crippen MR) is 111 cm³/mol. The van der Waals surface area contributed by atoms with Gasteiger partial charge in [-0.2, -0.15) is 0 Å². The Bertz CT molecular complexity index is 947. The van der Waals surface area contributed by atoms with Crippen LogP contribution in [0.1, 0.15) is 5.56 Å². The molecule has 0 radical (unpaired) electrons. The van der Waals surface area contributed by atoms with E-state index < -0.39 is 11.3 Å². The summed E-state index contributed by atoms with van der Waals surface area (Å²) in [4.78, 5) is 36.6. The van der Waals surface area contributed by atoms with Crippen molar-refractivity contribution in [3.63, 3.8) is 0 Å². The molecule has 3 amide bonds. The van der Waals surface area contributed by atoms with Gasteiger partial charge in [0.25, 0.3) is 5.24 Å². The smallest absolute Gasteiger partial charge is 0.414 e. The van der Waals surface area contributed by atoms with Crippen LogP contribution in [-0.4, -0.2) is 48.9 Å². The van der Waals surface area contributed by atoms with Crippen LogP contribution in [0.25, 0.3) is 0 Å². The third-order valence-corrected chi connectivity index (χ3v) is 5.79. The molecule has 2 saturated heterocycles. The van der Waals surface area contributed by atoms with Gasteiger partial charge >= 0.3 is 6.09 Å². The van der Waals surface area contributed by atoms with Gasteiger partial charge in [0.1, 0.15) is 18.1 Å². The summed E-state index contributed by atoms with van der Waals surface area (Å²) >= 11 is 1.01. The summed E-state index contributed by atoms with van der Waals surface area (Å²) in [5.41, 5.74) is 1.67. The van der Waals surface area contributed by atoms with Crippen molar-refractivity contribution in [2.75, 3.05) is 25.2 Å². The van der Waals surface area contributed by atoms with Gasteiger partial charge in [-0.15, -0.1) is 0 Å². The van der Waals surface area contributed by atoms with Crippen molar-refractivity contribution in [2.45, 2.75) is 17.8 Å². The summed E-state index contributed by atoms with van der Waals surface area (Å²) in [6.07, 6.45) is -0.325. The average Bonchev–Trinajstić information content (AvgIpc) is 3.28. The Morgan fingerprint density at radius 2 is 1.77 bits per heavy atom. The molecule has 0 spiro atoms. The summed E-state index contributed by atoms with van der Waals surface area (Å²) in [6, 6.07) is 14.5. The molecule has 8 nitrogen and oxygen atoms in total. The predicted octanol–water partition coefficient (Wildman–Crippen LogP) is 2.99. The Morgan fingerprint density at radius 1 is 1.07 bits per heavy atom. The highest BCUT2D eigenvalue weighted by Gasteiger charge is 2.33. The van der Waals surface area contributed by atoms with Crippen LogP contribution in [0.5, 0.6) is 11.5 Å². The Hall–Kier alpha value is -3.20. The van der Waals surface area contributed by atoms with Gasteiger partial charge in [0.05, 0.1) is 18.9 Å². The fourth-order valence-corrected chi connectivity index (χ4v) is 4.09. The third kappa shape index (κ3) is 4.51. The number of carbonyl (C=O) groups is 3. The van der Waals surface area contributed by atoms with Crippen LogP contribution in [0, 0.1) is 0 Å². The minimum absolute atomic E-state index is 0.229. The summed E-state index contributed by atoms with van der Waals surface area (Å²) in [7, 11) is 1.59. The number of hydrogen-bond donors (Lipinski definition) is 1. The first-order chi connectivity index (χ1) is 14.5. The zero-order valence-corrected chi connectivity index (χ0v) is 17.0. The molecule has 2 aromatic rings. The standard InChI is InChI=1S/C21H20N2O6S/c1-27-15-8-4-14(5-9-15)23-11-17(29-21(23)26)12-28-16-6-2-13(3-7-16)10-18-19(24)22-20(25)30-18/h2-9,17-18H,10-12H2,1H3,(H,22,24,25). The summed E-state index contributed by atoms with van der Waals surface area (Å²) in [5.74, 6) is 1.10. The second-order valence-corrected chi connectivity index (χ2v) is 8.03. The number of anilines is 1. The lowest BCUT2D eigenvalue weighted by atomic mass is 10.1. The molecule has 0 aromatic heterocycles.